The molecule has 0 radical (unpaired) electrons. The van der Waals surface area contributed by atoms with Crippen LogP contribution in [0.5, 0.6) is 0 Å². The first-order valence-corrected chi connectivity index (χ1v) is 11.6. The molecule has 2 aromatic rings. The molecular weight excluding hydrogens is 430 g/mol. The van der Waals surface area contributed by atoms with Gasteiger partial charge in [-0.1, -0.05) is 42.0 Å². The molecule has 3 rings (SSSR count). The van der Waals surface area contributed by atoms with E-state index in [2.05, 4.69) is 33.8 Å². The average Bonchev–Trinajstić information content (AvgIpc) is 2.95. The maximum atomic E-state index is 12.5. The molecular formula is C27H33N3O4. The van der Waals surface area contributed by atoms with Gasteiger partial charge >= 0.3 is 5.97 Å². The van der Waals surface area contributed by atoms with Gasteiger partial charge in [0.15, 0.2) is 0 Å². The Kier molecular flexibility index (Phi) is 8.57. The van der Waals surface area contributed by atoms with Gasteiger partial charge in [0.05, 0.1) is 6.42 Å². The van der Waals surface area contributed by atoms with Crippen LogP contribution in [0, 0.1) is 0 Å². The molecule has 0 bridgehead atoms. The summed E-state index contributed by atoms with van der Waals surface area (Å²) in [4.78, 5) is 41.0. The summed E-state index contributed by atoms with van der Waals surface area (Å²) in [5, 5.41) is 5.60. The van der Waals surface area contributed by atoms with Crippen molar-refractivity contribution in [1.82, 2.24) is 10.3 Å². The quantitative estimate of drug-likeness (QED) is 0.449. The minimum Gasteiger partial charge on any atom is -0.460 e. The molecule has 1 atom stereocenters. The lowest BCUT2D eigenvalue weighted by atomic mass is 9.88. The molecule has 7 nitrogen and oxygen atoms in total. The van der Waals surface area contributed by atoms with Crippen molar-refractivity contribution >= 4 is 23.6 Å². The smallest absolute Gasteiger partial charge is 0.306 e. The first kappa shape index (κ1) is 25.1. The normalized spacial score (nSPS) is 15.4. The van der Waals surface area contributed by atoms with E-state index in [1.807, 2.05) is 32.9 Å². The number of hydrogen-bond acceptors (Lipinski definition) is 5. The Morgan fingerprint density at radius 1 is 1.03 bits per heavy atom. The molecule has 0 aliphatic heterocycles. The number of hydrogen-bond donors (Lipinski definition) is 2. The number of ether oxygens (including phenoxy) is 1. The van der Waals surface area contributed by atoms with E-state index in [9.17, 15) is 14.4 Å². The molecule has 2 amide bonds. The van der Waals surface area contributed by atoms with Crippen molar-refractivity contribution in [2.45, 2.75) is 64.4 Å². The fourth-order valence-electron chi connectivity index (χ4n) is 3.96. The van der Waals surface area contributed by atoms with Crippen molar-refractivity contribution in [3.05, 3.63) is 71.4 Å². The van der Waals surface area contributed by atoms with E-state index in [-0.39, 0.29) is 43.0 Å². The molecule has 1 heterocycles. The highest BCUT2D eigenvalue weighted by atomic mass is 16.6. The second-order valence-corrected chi connectivity index (χ2v) is 9.50. The van der Waals surface area contributed by atoms with Crippen LogP contribution in [0.1, 0.15) is 63.5 Å². The number of esters is 1. The number of carbonyl (C=O) groups is 3. The number of nitrogens with one attached hydrogen (secondary N) is 2. The van der Waals surface area contributed by atoms with Crippen molar-refractivity contribution in [3.8, 4) is 0 Å². The lowest BCUT2D eigenvalue weighted by molar-refractivity contribution is -0.155. The van der Waals surface area contributed by atoms with Gasteiger partial charge in [0, 0.05) is 25.6 Å². The second-order valence-electron chi connectivity index (χ2n) is 9.50. The van der Waals surface area contributed by atoms with Crippen LogP contribution in [0.4, 0.5) is 5.82 Å². The summed E-state index contributed by atoms with van der Waals surface area (Å²) in [6, 6.07) is 13.4. The van der Waals surface area contributed by atoms with Crippen LogP contribution in [0.25, 0.3) is 0 Å². The van der Waals surface area contributed by atoms with Gasteiger partial charge in [0.1, 0.15) is 11.4 Å². The zero-order valence-corrected chi connectivity index (χ0v) is 20.1. The minimum absolute atomic E-state index is 0.0131. The van der Waals surface area contributed by atoms with E-state index >= 15 is 0 Å². The summed E-state index contributed by atoms with van der Waals surface area (Å²) in [7, 11) is 0. The number of amides is 2. The summed E-state index contributed by atoms with van der Waals surface area (Å²) in [6.45, 7) is 5.98. The minimum atomic E-state index is -0.531. The number of carbonyl (C=O) groups excluding carboxylic acids is 3. The topological polar surface area (TPSA) is 97.4 Å². The maximum Gasteiger partial charge on any atom is 0.306 e. The van der Waals surface area contributed by atoms with Gasteiger partial charge in [0.2, 0.25) is 11.8 Å². The Hall–Kier alpha value is -3.48. The average molecular weight is 464 g/mol. The van der Waals surface area contributed by atoms with Crippen molar-refractivity contribution in [3.63, 3.8) is 0 Å². The van der Waals surface area contributed by atoms with E-state index < -0.39 is 5.60 Å². The summed E-state index contributed by atoms with van der Waals surface area (Å²) in [5.41, 5.74) is 2.87. The number of benzene rings is 1. The molecule has 0 spiro atoms. The van der Waals surface area contributed by atoms with Crippen LogP contribution >= 0.6 is 0 Å². The zero-order valence-electron chi connectivity index (χ0n) is 20.1. The number of fused-ring (bicyclic) bond motifs is 1. The number of nitrogens with zero attached hydrogens (tertiary/aromatic N) is 1. The van der Waals surface area contributed by atoms with Gasteiger partial charge in [0.25, 0.3) is 0 Å². The molecule has 1 aromatic carbocycles. The Bertz CT molecular complexity index is 1040. The molecule has 1 aromatic heterocycles. The molecule has 7 heteroatoms. The molecule has 2 N–H and O–H groups in total. The van der Waals surface area contributed by atoms with Gasteiger partial charge in [-0.25, -0.2) is 4.98 Å². The van der Waals surface area contributed by atoms with Gasteiger partial charge in [-0.3, -0.25) is 14.4 Å². The predicted molar refractivity (Wildman–Crippen MR) is 131 cm³/mol. The molecule has 1 aliphatic carbocycles. The first-order chi connectivity index (χ1) is 16.2. The van der Waals surface area contributed by atoms with Gasteiger partial charge < -0.3 is 15.4 Å². The lowest BCUT2D eigenvalue weighted by Crippen LogP contribution is -2.28. The Morgan fingerprint density at radius 3 is 2.50 bits per heavy atom. The number of aromatic nitrogens is 1. The first-order valence-electron chi connectivity index (χ1n) is 11.6. The predicted octanol–water partition coefficient (Wildman–Crippen LogP) is 4.30. The number of allylic oxidation sites excluding steroid dienone is 1. The summed E-state index contributed by atoms with van der Waals surface area (Å²) in [6.07, 6.45) is 5.59. The SMILES string of the molecule is CC(C)(C)OC(=O)CC1CC(CNC(=O)CCC(=O)Nc2ccccn2)=CCc2ccccc21. The fourth-order valence-corrected chi connectivity index (χ4v) is 3.96. The van der Waals surface area contributed by atoms with Crippen LogP contribution in [-0.4, -0.2) is 34.9 Å². The number of rotatable bonds is 8. The number of pyridine rings is 1. The summed E-state index contributed by atoms with van der Waals surface area (Å²) < 4.78 is 5.56. The van der Waals surface area contributed by atoms with Crippen LogP contribution < -0.4 is 10.6 Å². The molecule has 0 saturated heterocycles. The molecule has 34 heavy (non-hydrogen) atoms. The van der Waals surface area contributed by atoms with Gasteiger partial charge in [-0.15, -0.1) is 0 Å². The van der Waals surface area contributed by atoms with Gasteiger partial charge in [-0.2, -0.15) is 0 Å². The van der Waals surface area contributed by atoms with Crippen molar-refractivity contribution in [2.24, 2.45) is 0 Å². The Labute approximate surface area is 201 Å². The molecule has 0 saturated carbocycles. The highest BCUT2D eigenvalue weighted by molar-refractivity contribution is 5.92. The molecule has 0 fully saturated rings. The lowest BCUT2D eigenvalue weighted by Gasteiger charge is -2.23. The fraction of sp³-hybridized carbons (Fsp3) is 0.407. The van der Waals surface area contributed by atoms with Crippen LogP contribution in [0.15, 0.2) is 60.3 Å². The Morgan fingerprint density at radius 2 is 1.76 bits per heavy atom. The third kappa shape index (κ3) is 8.14. The van der Waals surface area contributed by atoms with E-state index in [1.54, 1.807) is 24.4 Å². The third-order valence-corrected chi connectivity index (χ3v) is 5.47. The van der Waals surface area contributed by atoms with Crippen molar-refractivity contribution < 1.29 is 19.1 Å². The highest BCUT2D eigenvalue weighted by Crippen LogP contribution is 2.33. The van der Waals surface area contributed by atoms with E-state index in [4.69, 9.17) is 4.74 Å². The van der Waals surface area contributed by atoms with E-state index in [0.29, 0.717) is 18.8 Å². The van der Waals surface area contributed by atoms with Crippen LogP contribution in [0.3, 0.4) is 0 Å². The Balaban J connectivity index is 1.54. The van der Waals surface area contributed by atoms with Crippen molar-refractivity contribution in [2.75, 3.05) is 11.9 Å². The highest BCUT2D eigenvalue weighted by Gasteiger charge is 2.25. The van der Waals surface area contributed by atoms with Crippen LogP contribution in [-0.2, 0) is 25.5 Å². The van der Waals surface area contributed by atoms with Crippen molar-refractivity contribution in [1.29, 1.82) is 0 Å². The molecule has 1 aliphatic rings. The number of anilines is 1. The maximum absolute atomic E-state index is 12.5. The summed E-state index contributed by atoms with van der Waals surface area (Å²) >= 11 is 0. The van der Waals surface area contributed by atoms with Crippen LogP contribution in [0.2, 0.25) is 0 Å². The summed E-state index contributed by atoms with van der Waals surface area (Å²) in [5.74, 6) is -0.220. The molecule has 1 unspecified atom stereocenters. The van der Waals surface area contributed by atoms with E-state index in [1.165, 1.54) is 5.56 Å². The zero-order chi connectivity index (χ0) is 24.6. The van der Waals surface area contributed by atoms with E-state index in [0.717, 1.165) is 17.6 Å². The standard InChI is InChI=1S/C27H33N3O4/c1-27(2,3)34-26(33)17-21-16-19(11-12-20-8-4-5-9-22(20)21)18-29-24(31)13-14-25(32)30-23-10-6-7-15-28-23/h4-11,15,21H,12-14,16-18H2,1-3H3,(H,29,31)(H,28,30,32). The largest absolute Gasteiger partial charge is 0.460 e. The second kappa shape index (κ2) is 11.6. The molecule has 180 valence electrons. The monoisotopic (exact) mass is 463 g/mol. The van der Waals surface area contributed by atoms with Gasteiger partial charge in [-0.05, 0) is 62.8 Å². The third-order valence-electron chi connectivity index (χ3n) is 5.47.